The van der Waals surface area contributed by atoms with Crippen LogP contribution >= 0.6 is 0 Å². The van der Waals surface area contributed by atoms with E-state index in [0.717, 1.165) is 11.6 Å². The number of halogens is 1. The van der Waals surface area contributed by atoms with Crippen LogP contribution in [-0.4, -0.2) is 25.1 Å². The Labute approximate surface area is 121 Å². The van der Waals surface area contributed by atoms with E-state index in [1.165, 1.54) is 19.4 Å². The monoisotopic (exact) mass is 290 g/mol. The van der Waals surface area contributed by atoms with Crippen molar-refractivity contribution >= 4 is 11.6 Å². The number of benzene rings is 1. The van der Waals surface area contributed by atoms with E-state index in [0.29, 0.717) is 17.2 Å². The molecule has 0 bridgehead atoms. The number of carbonyl (C=O) groups excluding carboxylic acids is 1. The van der Waals surface area contributed by atoms with Gasteiger partial charge in [-0.1, -0.05) is 0 Å². The van der Waals surface area contributed by atoms with E-state index in [4.69, 9.17) is 9.47 Å². The average Bonchev–Trinajstić information content (AvgIpc) is 2.49. The number of rotatable bonds is 4. The predicted molar refractivity (Wildman–Crippen MR) is 76.4 cm³/mol. The zero-order valence-corrected chi connectivity index (χ0v) is 11.9. The second-order valence-corrected chi connectivity index (χ2v) is 4.35. The number of anilines is 1. The highest BCUT2D eigenvalue weighted by Crippen LogP contribution is 2.33. The lowest BCUT2D eigenvalue weighted by Gasteiger charge is -2.13. The summed E-state index contributed by atoms with van der Waals surface area (Å²) in [6.07, 6.45) is 1.18. The summed E-state index contributed by atoms with van der Waals surface area (Å²) < 4.78 is 23.1. The molecule has 0 unspecified atom stereocenters. The van der Waals surface area contributed by atoms with Crippen LogP contribution in [0.4, 0.5) is 10.1 Å². The Balaban J connectivity index is 2.26. The number of nitrogens with one attached hydrogen (secondary N) is 1. The molecule has 0 fully saturated rings. The van der Waals surface area contributed by atoms with E-state index >= 15 is 0 Å². The van der Waals surface area contributed by atoms with Gasteiger partial charge in [0.05, 0.1) is 19.8 Å². The molecular weight excluding hydrogens is 275 g/mol. The Morgan fingerprint density at radius 2 is 1.86 bits per heavy atom. The lowest BCUT2D eigenvalue weighted by molar-refractivity contribution is 0.102. The van der Waals surface area contributed by atoms with E-state index in [2.05, 4.69) is 10.3 Å². The number of aryl methyl sites for hydroxylation is 1. The predicted octanol–water partition coefficient (Wildman–Crippen LogP) is 2.80. The van der Waals surface area contributed by atoms with Gasteiger partial charge in [0.2, 0.25) is 5.95 Å². The van der Waals surface area contributed by atoms with Gasteiger partial charge in [0, 0.05) is 18.0 Å². The van der Waals surface area contributed by atoms with Crippen molar-refractivity contribution < 1.29 is 18.7 Å². The van der Waals surface area contributed by atoms with Crippen molar-refractivity contribution in [1.29, 1.82) is 0 Å². The standard InChI is InChI=1S/C15H15FN2O3/c1-9-6-12(20-2)13(21-3)7-11(9)18-15(19)10-4-5-14(16)17-8-10/h4-8H,1-3H3,(H,18,19). The minimum atomic E-state index is -0.631. The van der Waals surface area contributed by atoms with Crippen LogP contribution in [0.15, 0.2) is 30.5 Å². The Bertz CT molecular complexity index is 657. The van der Waals surface area contributed by atoms with E-state index in [9.17, 15) is 9.18 Å². The van der Waals surface area contributed by atoms with Gasteiger partial charge in [-0.05, 0) is 30.7 Å². The second kappa shape index (κ2) is 6.21. The molecule has 6 heteroatoms. The molecule has 5 nitrogen and oxygen atoms in total. The van der Waals surface area contributed by atoms with Gasteiger partial charge in [-0.25, -0.2) is 4.98 Å². The number of aromatic nitrogens is 1. The zero-order valence-electron chi connectivity index (χ0n) is 11.9. The normalized spacial score (nSPS) is 10.1. The molecule has 0 aliphatic rings. The smallest absolute Gasteiger partial charge is 0.257 e. The van der Waals surface area contributed by atoms with Crippen molar-refractivity contribution in [3.8, 4) is 11.5 Å². The summed E-state index contributed by atoms with van der Waals surface area (Å²) >= 11 is 0. The van der Waals surface area contributed by atoms with E-state index in [1.807, 2.05) is 6.92 Å². The molecule has 0 saturated heterocycles. The van der Waals surface area contributed by atoms with Crippen molar-refractivity contribution in [1.82, 2.24) is 4.98 Å². The highest BCUT2D eigenvalue weighted by molar-refractivity contribution is 6.04. The first kappa shape index (κ1) is 14.8. The summed E-state index contributed by atoms with van der Waals surface area (Å²) in [5.74, 6) is 0.0822. The van der Waals surface area contributed by atoms with Crippen LogP contribution in [0.2, 0.25) is 0 Å². The lowest BCUT2D eigenvalue weighted by atomic mass is 10.1. The SMILES string of the molecule is COc1cc(C)c(NC(=O)c2ccc(F)nc2)cc1OC. The summed E-state index contributed by atoms with van der Waals surface area (Å²) in [4.78, 5) is 15.5. The van der Waals surface area contributed by atoms with Crippen molar-refractivity contribution in [2.24, 2.45) is 0 Å². The van der Waals surface area contributed by atoms with Crippen molar-refractivity contribution in [3.05, 3.63) is 47.5 Å². The van der Waals surface area contributed by atoms with Crippen molar-refractivity contribution in [3.63, 3.8) is 0 Å². The molecule has 0 aliphatic carbocycles. The third-order valence-corrected chi connectivity index (χ3v) is 2.97. The summed E-state index contributed by atoms with van der Waals surface area (Å²) in [7, 11) is 3.06. The zero-order chi connectivity index (χ0) is 15.4. The largest absolute Gasteiger partial charge is 0.493 e. The molecule has 1 N–H and O–H groups in total. The van der Waals surface area contributed by atoms with E-state index in [-0.39, 0.29) is 11.5 Å². The minimum absolute atomic E-state index is 0.269. The number of carbonyl (C=O) groups is 1. The second-order valence-electron chi connectivity index (χ2n) is 4.35. The molecule has 1 aromatic heterocycles. The van der Waals surface area contributed by atoms with Crippen LogP contribution in [0.3, 0.4) is 0 Å². The van der Waals surface area contributed by atoms with Crippen LogP contribution in [0.25, 0.3) is 0 Å². The highest BCUT2D eigenvalue weighted by atomic mass is 19.1. The third-order valence-electron chi connectivity index (χ3n) is 2.97. The molecule has 1 aromatic carbocycles. The summed E-state index contributed by atoms with van der Waals surface area (Å²) in [5, 5.41) is 2.74. The fourth-order valence-electron chi connectivity index (χ4n) is 1.82. The molecule has 2 aromatic rings. The Morgan fingerprint density at radius 1 is 1.19 bits per heavy atom. The number of ether oxygens (including phenoxy) is 2. The summed E-state index contributed by atoms with van der Waals surface area (Å²) in [6.45, 7) is 1.83. The molecule has 0 saturated carbocycles. The molecule has 0 radical (unpaired) electrons. The topological polar surface area (TPSA) is 60.5 Å². The first-order chi connectivity index (χ1) is 10.0. The molecule has 21 heavy (non-hydrogen) atoms. The number of hydrogen-bond acceptors (Lipinski definition) is 4. The molecule has 110 valence electrons. The maximum atomic E-state index is 12.7. The van der Waals surface area contributed by atoms with Gasteiger partial charge in [-0.2, -0.15) is 4.39 Å². The van der Waals surface area contributed by atoms with Gasteiger partial charge >= 0.3 is 0 Å². The fourth-order valence-corrected chi connectivity index (χ4v) is 1.82. The highest BCUT2D eigenvalue weighted by Gasteiger charge is 2.12. The Kier molecular flexibility index (Phi) is 4.37. The molecule has 0 aliphatic heterocycles. The number of hydrogen-bond donors (Lipinski definition) is 1. The van der Waals surface area contributed by atoms with E-state index in [1.54, 1.807) is 19.2 Å². The van der Waals surface area contributed by atoms with E-state index < -0.39 is 5.95 Å². The summed E-state index contributed by atoms with van der Waals surface area (Å²) in [5.41, 5.74) is 1.67. The molecule has 1 amide bonds. The van der Waals surface area contributed by atoms with Crippen molar-refractivity contribution in [2.75, 3.05) is 19.5 Å². The van der Waals surface area contributed by atoms with Gasteiger partial charge in [0.15, 0.2) is 11.5 Å². The quantitative estimate of drug-likeness (QED) is 0.880. The Morgan fingerprint density at radius 3 is 2.43 bits per heavy atom. The maximum absolute atomic E-state index is 12.7. The molecule has 0 atom stereocenters. The minimum Gasteiger partial charge on any atom is -0.493 e. The molecular formula is C15H15FN2O3. The summed E-state index contributed by atoms with van der Waals surface area (Å²) in [6, 6.07) is 5.94. The van der Waals surface area contributed by atoms with Gasteiger partial charge in [0.1, 0.15) is 0 Å². The first-order valence-corrected chi connectivity index (χ1v) is 6.20. The molecule has 1 heterocycles. The average molecular weight is 290 g/mol. The van der Waals surface area contributed by atoms with Crippen molar-refractivity contribution in [2.45, 2.75) is 6.92 Å². The number of methoxy groups -OCH3 is 2. The fraction of sp³-hybridized carbons (Fsp3) is 0.200. The Hall–Kier alpha value is -2.63. The van der Waals surface area contributed by atoms with Gasteiger partial charge in [0.25, 0.3) is 5.91 Å². The molecule has 0 spiro atoms. The lowest BCUT2D eigenvalue weighted by Crippen LogP contribution is -2.13. The molecule has 2 rings (SSSR count). The number of amides is 1. The third kappa shape index (κ3) is 3.28. The van der Waals surface area contributed by atoms with Gasteiger partial charge in [-0.15, -0.1) is 0 Å². The van der Waals surface area contributed by atoms with Gasteiger partial charge in [-0.3, -0.25) is 4.79 Å². The van der Waals surface area contributed by atoms with Gasteiger partial charge < -0.3 is 14.8 Å². The maximum Gasteiger partial charge on any atom is 0.257 e. The number of pyridine rings is 1. The van der Waals surface area contributed by atoms with Crippen LogP contribution in [0.5, 0.6) is 11.5 Å². The van der Waals surface area contributed by atoms with Crippen LogP contribution in [-0.2, 0) is 0 Å². The van der Waals surface area contributed by atoms with Crippen LogP contribution in [0, 0.1) is 12.9 Å². The van der Waals surface area contributed by atoms with Crippen LogP contribution < -0.4 is 14.8 Å². The first-order valence-electron chi connectivity index (χ1n) is 6.20. The van der Waals surface area contributed by atoms with Crippen LogP contribution in [0.1, 0.15) is 15.9 Å². The number of nitrogens with zero attached hydrogens (tertiary/aromatic N) is 1.